The van der Waals surface area contributed by atoms with Crippen LogP contribution in [0.2, 0.25) is 0 Å². The Morgan fingerprint density at radius 1 is 1.11 bits per heavy atom. The summed E-state index contributed by atoms with van der Waals surface area (Å²) in [5.74, 6) is -0.0311. The van der Waals surface area contributed by atoms with Crippen LogP contribution in [0.25, 0.3) is 16.5 Å². The number of amides is 2. The number of aliphatic imine (C=N–C) groups is 1. The zero-order chi connectivity index (χ0) is 24.5. The van der Waals surface area contributed by atoms with Crippen molar-refractivity contribution in [2.24, 2.45) is 10.9 Å². The van der Waals surface area contributed by atoms with Gasteiger partial charge in [0.25, 0.3) is 5.91 Å². The van der Waals surface area contributed by atoms with Gasteiger partial charge >= 0.3 is 0 Å². The van der Waals surface area contributed by atoms with Crippen LogP contribution in [0.4, 0.5) is 5.69 Å². The maximum absolute atomic E-state index is 13.1. The number of aromatic amines is 1. The number of H-pyrrole nitrogens is 1. The van der Waals surface area contributed by atoms with E-state index in [4.69, 9.17) is 0 Å². The van der Waals surface area contributed by atoms with E-state index in [1.54, 1.807) is 6.20 Å². The lowest BCUT2D eigenvalue weighted by Crippen LogP contribution is -2.37. The van der Waals surface area contributed by atoms with Gasteiger partial charge in [-0.25, -0.2) is 0 Å². The van der Waals surface area contributed by atoms with Crippen molar-refractivity contribution >= 4 is 40.2 Å². The highest BCUT2D eigenvalue weighted by atomic mass is 16.2. The Bertz CT molecular complexity index is 1350. The van der Waals surface area contributed by atoms with E-state index in [1.807, 2.05) is 42.6 Å². The molecule has 3 aromatic rings. The summed E-state index contributed by atoms with van der Waals surface area (Å²) in [4.78, 5) is 36.6. The van der Waals surface area contributed by atoms with Crippen molar-refractivity contribution in [3.05, 3.63) is 59.6 Å². The Balaban J connectivity index is 1.17. The van der Waals surface area contributed by atoms with Crippen LogP contribution in [0.1, 0.15) is 47.4 Å². The average molecular weight is 484 g/mol. The molecule has 0 bridgehead atoms. The number of pyridine rings is 1. The molecule has 6 rings (SSSR count). The first-order valence-corrected chi connectivity index (χ1v) is 12.6. The molecule has 4 heterocycles. The van der Waals surface area contributed by atoms with Gasteiger partial charge in [0.05, 0.1) is 35.7 Å². The number of hydrogen-bond acceptors (Lipinski definition) is 6. The van der Waals surface area contributed by atoms with Crippen molar-refractivity contribution in [3.63, 3.8) is 0 Å². The number of benzene rings is 1. The molecule has 9 heteroatoms. The van der Waals surface area contributed by atoms with Gasteiger partial charge in [0.15, 0.2) is 5.69 Å². The number of likely N-dealkylation sites (tertiary alicyclic amines) is 1. The highest BCUT2D eigenvalue weighted by Crippen LogP contribution is 2.29. The molecule has 2 aliphatic heterocycles. The lowest BCUT2D eigenvalue weighted by molar-refractivity contribution is -0.122. The molecule has 0 spiro atoms. The standard InChI is InChI=1S/C27H29N7O2/c35-26(17-3-4-17)31-22-11-19(13-28-14-22)18-5-8-24-23(12-18)25(33-32-24)27(36)30-20-6-7-21(29-15-20)16-34-9-1-2-10-34/h5-8,11-13,15,17,22H,1-4,9-10,14,16H2,(H,30,36)(H,31,35)(H,32,33). The van der Waals surface area contributed by atoms with Gasteiger partial charge in [-0.2, -0.15) is 5.10 Å². The first-order valence-electron chi connectivity index (χ1n) is 12.6. The molecule has 184 valence electrons. The predicted octanol–water partition coefficient (Wildman–Crippen LogP) is 3.17. The number of carbonyl (C=O) groups is 2. The van der Waals surface area contributed by atoms with Gasteiger partial charge in [0.1, 0.15) is 0 Å². The summed E-state index contributed by atoms with van der Waals surface area (Å²) in [6.07, 6.45) is 9.98. The fraction of sp³-hybridized carbons (Fsp3) is 0.370. The third-order valence-electron chi connectivity index (χ3n) is 6.97. The third kappa shape index (κ3) is 4.92. The van der Waals surface area contributed by atoms with E-state index in [1.165, 1.54) is 12.8 Å². The van der Waals surface area contributed by atoms with Crippen molar-refractivity contribution in [2.45, 2.75) is 38.3 Å². The van der Waals surface area contributed by atoms with Crippen LogP contribution in [-0.2, 0) is 11.3 Å². The van der Waals surface area contributed by atoms with Crippen LogP contribution in [0.3, 0.4) is 0 Å². The van der Waals surface area contributed by atoms with Gasteiger partial charge < -0.3 is 10.6 Å². The smallest absolute Gasteiger partial charge is 0.276 e. The number of aromatic nitrogens is 3. The first kappa shape index (κ1) is 22.6. The molecule has 1 aliphatic carbocycles. The van der Waals surface area contributed by atoms with Crippen molar-refractivity contribution in [1.29, 1.82) is 0 Å². The van der Waals surface area contributed by atoms with Crippen LogP contribution < -0.4 is 10.6 Å². The molecular weight excluding hydrogens is 454 g/mol. The summed E-state index contributed by atoms with van der Waals surface area (Å²) >= 11 is 0. The fourth-order valence-electron chi connectivity index (χ4n) is 4.80. The van der Waals surface area contributed by atoms with Crippen LogP contribution in [0.15, 0.2) is 47.6 Å². The minimum atomic E-state index is -0.298. The minimum Gasteiger partial charge on any atom is -0.348 e. The molecule has 2 fully saturated rings. The first-order chi connectivity index (χ1) is 17.6. The highest BCUT2D eigenvalue weighted by molar-refractivity contribution is 6.14. The second-order valence-corrected chi connectivity index (χ2v) is 9.81. The number of nitrogens with zero attached hydrogens (tertiary/aromatic N) is 4. The predicted molar refractivity (Wildman–Crippen MR) is 139 cm³/mol. The van der Waals surface area contributed by atoms with E-state index in [0.717, 1.165) is 60.2 Å². The summed E-state index contributed by atoms with van der Waals surface area (Å²) in [5.41, 5.74) is 4.55. The summed E-state index contributed by atoms with van der Waals surface area (Å²) in [6.45, 7) is 3.61. The number of hydrogen-bond donors (Lipinski definition) is 3. The molecule has 2 aromatic heterocycles. The summed E-state index contributed by atoms with van der Waals surface area (Å²) in [7, 11) is 0. The number of anilines is 1. The van der Waals surface area contributed by atoms with Crippen LogP contribution >= 0.6 is 0 Å². The Labute approximate surface area is 209 Å². The second kappa shape index (κ2) is 9.66. The highest BCUT2D eigenvalue weighted by Gasteiger charge is 2.31. The van der Waals surface area contributed by atoms with Gasteiger partial charge in [-0.3, -0.25) is 29.6 Å². The normalized spacial score (nSPS) is 19.9. The number of nitrogens with one attached hydrogen (secondary N) is 3. The number of fused-ring (bicyclic) bond motifs is 1. The molecule has 3 aliphatic rings. The quantitative estimate of drug-likeness (QED) is 0.478. The summed E-state index contributed by atoms with van der Waals surface area (Å²) in [6, 6.07) is 9.53. The lowest BCUT2D eigenvalue weighted by Gasteiger charge is -2.18. The number of carbonyl (C=O) groups excluding carboxylic acids is 2. The molecular formula is C27H29N7O2. The monoisotopic (exact) mass is 483 g/mol. The molecule has 1 saturated carbocycles. The van der Waals surface area contributed by atoms with Gasteiger partial charge in [-0.05, 0) is 74.2 Å². The summed E-state index contributed by atoms with van der Waals surface area (Å²) < 4.78 is 0. The van der Waals surface area contributed by atoms with E-state index in [-0.39, 0.29) is 23.8 Å². The van der Waals surface area contributed by atoms with Gasteiger partial charge in [-0.15, -0.1) is 0 Å². The minimum absolute atomic E-state index is 0.107. The van der Waals surface area contributed by atoms with Crippen molar-refractivity contribution in [3.8, 4) is 0 Å². The second-order valence-electron chi connectivity index (χ2n) is 9.81. The lowest BCUT2D eigenvalue weighted by atomic mass is 10.00. The fourth-order valence-corrected chi connectivity index (χ4v) is 4.80. The van der Waals surface area contributed by atoms with E-state index in [9.17, 15) is 9.59 Å². The molecule has 0 radical (unpaired) electrons. The molecule has 1 aromatic carbocycles. The molecule has 36 heavy (non-hydrogen) atoms. The zero-order valence-electron chi connectivity index (χ0n) is 20.0. The van der Waals surface area contributed by atoms with Crippen molar-refractivity contribution in [1.82, 2.24) is 25.4 Å². The number of allylic oxidation sites excluding steroid dienone is 1. The van der Waals surface area contributed by atoms with Crippen LogP contribution in [-0.4, -0.2) is 63.8 Å². The van der Waals surface area contributed by atoms with Gasteiger partial charge in [0, 0.05) is 24.1 Å². The molecule has 2 amide bonds. The largest absolute Gasteiger partial charge is 0.348 e. The number of dihydropyridines is 1. The molecule has 1 unspecified atom stereocenters. The Hall–Kier alpha value is -3.85. The maximum Gasteiger partial charge on any atom is 0.276 e. The Morgan fingerprint density at radius 3 is 2.75 bits per heavy atom. The van der Waals surface area contributed by atoms with Crippen molar-refractivity contribution in [2.75, 3.05) is 25.0 Å². The van der Waals surface area contributed by atoms with Crippen molar-refractivity contribution < 1.29 is 9.59 Å². The maximum atomic E-state index is 13.1. The summed E-state index contributed by atoms with van der Waals surface area (Å²) in [5, 5.41) is 13.9. The van der Waals surface area contributed by atoms with E-state index >= 15 is 0 Å². The third-order valence-corrected chi connectivity index (χ3v) is 6.97. The molecule has 1 saturated heterocycles. The molecule has 1 atom stereocenters. The van der Waals surface area contributed by atoms with Gasteiger partial charge in [-0.1, -0.05) is 12.1 Å². The van der Waals surface area contributed by atoms with E-state index < -0.39 is 0 Å². The van der Waals surface area contributed by atoms with E-state index in [2.05, 4.69) is 35.7 Å². The Kier molecular flexibility index (Phi) is 6.06. The van der Waals surface area contributed by atoms with E-state index in [0.29, 0.717) is 17.9 Å². The SMILES string of the molecule is O=C(Nc1ccc(CN2CCCC2)nc1)c1n[nH]c2ccc(C3=CC(NC(=O)C4CC4)CN=C3)cc12. The van der Waals surface area contributed by atoms with Gasteiger partial charge in [0.2, 0.25) is 5.91 Å². The number of rotatable bonds is 7. The molecule has 3 N–H and O–H groups in total. The van der Waals surface area contributed by atoms with Crippen LogP contribution in [0.5, 0.6) is 0 Å². The molecule has 9 nitrogen and oxygen atoms in total. The zero-order valence-corrected chi connectivity index (χ0v) is 20.0. The topological polar surface area (TPSA) is 115 Å². The Morgan fingerprint density at radius 2 is 1.97 bits per heavy atom. The average Bonchev–Trinajstić information content (AvgIpc) is 3.47. The van der Waals surface area contributed by atoms with Crippen LogP contribution in [0, 0.1) is 5.92 Å².